The summed E-state index contributed by atoms with van der Waals surface area (Å²) in [7, 11) is -3.71. The van der Waals surface area contributed by atoms with E-state index in [1.807, 2.05) is 0 Å². The Morgan fingerprint density at radius 3 is 2.92 bits per heavy atom. The maximum atomic E-state index is 13.6. The van der Waals surface area contributed by atoms with Crippen LogP contribution < -0.4 is 10.6 Å². The van der Waals surface area contributed by atoms with Crippen molar-refractivity contribution in [2.75, 3.05) is 19.6 Å². The average molecular weight is 397 g/mol. The predicted octanol–water partition coefficient (Wildman–Crippen LogP) is 1.86. The summed E-state index contributed by atoms with van der Waals surface area (Å²) in [4.78, 5) is 11.8. The third-order valence-electron chi connectivity index (χ3n) is 4.14. The highest BCUT2D eigenvalue weighted by Crippen LogP contribution is 2.32. The molecule has 1 aromatic carbocycles. The third-order valence-corrected chi connectivity index (χ3v) is 7.60. The van der Waals surface area contributed by atoms with Gasteiger partial charge in [0.25, 0.3) is 10.0 Å². The number of nitrogens with one attached hydrogen (secondary N) is 2. The van der Waals surface area contributed by atoms with Crippen LogP contribution >= 0.6 is 11.3 Å². The number of rotatable bonds is 5. The van der Waals surface area contributed by atoms with E-state index in [2.05, 4.69) is 10.6 Å². The molecular weight excluding hydrogens is 377 g/mol. The minimum Gasteiger partial charge on any atom is -0.351 e. The van der Waals surface area contributed by atoms with Gasteiger partial charge in [-0.25, -0.2) is 12.8 Å². The molecular formula is C17H20FN3O3S2. The molecule has 1 aliphatic rings. The molecule has 1 aliphatic heterocycles. The molecule has 3 rings (SSSR count). The zero-order valence-corrected chi connectivity index (χ0v) is 15.9. The molecule has 0 aliphatic carbocycles. The topological polar surface area (TPSA) is 78.5 Å². The second kappa shape index (κ2) is 7.83. The normalized spacial score (nSPS) is 18.6. The van der Waals surface area contributed by atoms with Crippen LogP contribution in [-0.2, 0) is 21.4 Å². The van der Waals surface area contributed by atoms with E-state index in [1.54, 1.807) is 24.3 Å². The van der Waals surface area contributed by atoms with Gasteiger partial charge in [0, 0.05) is 31.4 Å². The zero-order chi connectivity index (χ0) is 18.7. The lowest BCUT2D eigenvalue weighted by molar-refractivity contribution is -0.119. The van der Waals surface area contributed by atoms with E-state index in [-0.39, 0.29) is 15.9 Å². The van der Waals surface area contributed by atoms with Crippen LogP contribution in [0.1, 0.15) is 23.4 Å². The van der Waals surface area contributed by atoms with Crippen molar-refractivity contribution >= 4 is 27.3 Å². The second-order valence-electron chi connectivity index (χ2n) is 6.02. The number of benzene rings is 1. The minimum atomic E-state index is -3.71. The monoisotopic (exact) mass is 397 g/mol. The Kier molecular flexibility index (Phi) is 5.71. The second-order valence-corrected chi connectivity index (χ2v) is 9.31. The molecule has 1 fully saturated rings. The molecule has 1 atom stereocenters. The van der Waals surface area contributed by atoms with Crippen LogP contribution in [0.25, 0.3) is 0 Å². The maximum absolute atomic E-state index is 13.6. The molecule has 1 amide bonds. The van der Waals surface area contributed by atoms with Crippen LogP contribution in [0.2, 0.25) is 0 Å². The molecule has 1 aromatic heterocycles. The van der Waals surface area contributed by atoms with Crippen molar-refractivity contribution in [1.29, 1.82) is 0 Å². The van der Waals surface area contributed by atoms with Crippen molar-refractivity contribution < 1.29 is 17.6 Å². The van der Waals surface area contributed by atoms with Crippen molar-refractivity contribution in [2.45, 2.75) is 23.7 Å². The molecule has 0 saturated carbocycles. The predicted molar refractivity (Wildman–Crippen MR) is 97.7 cm³/mol. The number of thiophene rings is 1. The Labute approximate surface area is 156 Å². The Balaban J connectivity index is 1.87. The largest absolute Gasteiger partial charge is 0.351 e. The first-order valence-corrected chi connectivity index (χ1v) is 10.4. The summed E-state index contributed by atoms with van der Waals surface area (Å²) in [6, 6.07) is 8.82. The highest BCUT2D eigenvalue weighted by atomic mass is 32.2. The summed E-state index contributed by atoms with van der Waals surface area (Å²) < 4.78 is 41.5. The van der Waals surface area contributed by atoms with Gasteiger partial charge in [0.05, 0.1) is 12.6 Å². The number of hydrogen-bond donors (Lipinski definition) is 2. The van der Waals surface area contributed by atoms with Crippen LogP contribution in [0.4, 0.5) is 4.39 Å². The molecule has 1 saturated heterocycles. The zero-order valence-electron chi connectivity index (χ0n) is 14.2. The molecule has 9 heteroatoms. The quantitative estimate of drug-likeness (QED) is 0.807. The standard InChI is InChI=1S/C17H20FN3O3S2/c1-12(22)20-10-15-5-6-17(25-15)26(23,24)21-8-7-19-11-16(21)13-3-2-4-14(18)9-13/h2-6,9,16,19H,7-8,10-11H2,1H3,(H,20,22). The van der Waals surface area contributed by atoms with Gasteiger partial charge < -0.3 is 10.6 Å². The first-order chi connectivity index (χ1) is 12.4. The fourth-order valence-corrected chi connectivity index (χ4v) is 5.93. The van der Waals surface area contributed by atoms with E-state index >= 15 is 0 Å². The molecule has 2 heterocycles. The van der Waals surface area contributed by atoms with Gasteiger partial charge in [0.2, 0.25) is 5.91 Å². The Hall–Kier alpha value is -1.81. The van der Waals surface area contributed by atoms with Crippen molar-refractivity contribution in [2.24, 2.45) is 0 Å². The summed E-state index contributed by atoms with van der Waals surface area (Å²) >= 11 is 1.14. The minimum absolute atomic E-state index is 0.170. The summed E-state index contributed by atoms with van der Waals surface area (Å²) in [5.74, 6) is -0.560. The summed E-state index contributed by atoms with van der Waals surface area (Å²) in [6.45, 7) is 2.98. The van der Waals surface area contributed by atoms with Crippen LogP contribution in [0.3, 0.4) is 0 Å². The summed E-state index contributed by atoms with van der Waals surface area (Å²) in [6.07, 6.45) is 0. The number of halogens is 1. The molecule has 140 valence electrons. The molecule has 0 radical (unpaired) electrons. The van der Waals surface area contributed by atoms with Crippen molar-refractivity contribution in [3.8, 4) is 0 Å². The van der Waals surface area contributed by atoms with Crippen molar-refractivity contribution in [1.82, 2.24) is 14.9 Å². The smallest absolute Gasteiger partial charge is 0.253 e. The van der Waals surface area contributed by atoms with Gasteiger partial charge in [-0.3, -0.25) is 4.79 Å². The van der Waals surface area contributed by atoms with E-state index in [0.29, 0.717) is 31.7 Å². The molecule has 0 bridgehead atoms. The number of amides is 1. The fraction of sp³-hybridized carbons (Fsp3) is 0.353. The SMILES string of the molecule is CC(=O)NCc1ccc(S(=O)(=O)N2CCNCC2c2cccc(F)c2)s1. The van der Waals surface area contributed by atoms with E-state index in [4.69, 9.17) is 0 Å². The number of nitrogens with zero attached hydrogens (tertiary/aromatic N) is 1. The number of carbonyl (C=O) groups excluding carboxylic acids is 1. The lowest BCUT2D eigenvalue weighted by atomic mass is 10.1. The number of piperazine rings is 1. The number of hydrogen-bond acceptors (Lipinski definition) is 5. The van der Waals surface area contributed by atoms with Gasteiger partial charge >= 0.3 is 0 Å². The molecule has 2 aromatic rings. The van der Waals surface area contributed by atoms with E-state index in [0.717, 1.165) is 16.2 Å². The first-order valence-electron chi connectivity index (χ1n) is 8.19. The first kappa shape index (κ1) is 19.0. The Bertz CT molecular complexity index is 898. The Morgan fingerprint density at radius 1 is 1.38 bits per heavy atom. The van der Waals surface area contributed by atoms with Gasteiger partial charge in [0.15, 0.2) is 0 Å². The number of carbonyl (C=O) groups is 1. The average Bonchev–Trinajstić information content (AvgIpc) is 3.10. The fourth-order valence-electron chi connectivity index (χ4n) is 2.89. The lowest BCUT2D eigenvalue weighted by Gasteiger charge is -2.35. The lowest BCUT2D eigenvalue weighted by Crippen LogP contribution is -2.48. The highest BCUT2D eigenvalue weighted by Gasteiger charge is 2.35. The summed E-state index contributed by atoms with van der Waals surface area (Å²) in [5.41, 5.74) is 0.621. The molecule has 2 N–H and O–H groups in total. The third kappa shape index (κ3) is 4.12. The van der Waals surface area contributed by atoms with Crippen LogP contribution in [0, 0.1) is 5.82 Å². The van der Waals surface area contributed by atoms with Gasteiger partial charge in [-0.15, -0.1) is 11.3 Å². The summed E-state index contributed by atoms with van der Waals surface area (Å²) in [5, 5.41) is 5.83. The van der Waals surface area contributed by atoms with Gasteiger partial charge in [-0.1, -0.05) is 12.1 Å². The van der Waals surface area contributed by atoms with Gasteiger partial charge in [0.1, 0.15) is 10.0 Å². The molecule has 26 heavy (non-hydrogen) atoms. The van der Waals surface area contributed by atoms with E-state index in [9.17, 15) is 17.6 Å². The highest BCUT2D eigenvalue weighted by molar-refractivity contribution is 7.91. The maximum Gasteiger partial charge on any atom is 0.253 e. The van der Waals surface area contributed by atoms with Crippen LogP contribution in [-0.4, -0.2) is 38.3 Å². The van der Waals surface area contributed by atoms with Gasteiger partial charge in [-0.2, -0.15) is 4.31 Å². The van der Waals surface area contributed by atoms with E-state index in [1.165, 1.54) is 23.4 Å². The molecule has 0 spiro atoms. The van der Waals surface area contributed by atoms with Crippen LogP contribution in [0.5, 0.6) is 0 Å². The molecule has 1 unspecified atom stereocenters. The Morgan fingerprint density at radius 2 is 2.19 bits per heavy atom. The van der Waals surface area contributed by atoms with Gasteiger partial charge in [-0.05, 0) is 29.8 Å². The van der Waals surface area contributed by atoms with Crippen molar-refractivity contribution in [3.05, 3.63) is 52.7 Å². The molecule has 6 nitrogen and oxygen atoms in total. The van der Waals surface area contributed by atoms with Crippen molar-refractivity contribution in [3.63, 3.8) is 0 Å². The number of sulfonamides is 1. The van der Waals surface area contributed by atoms with E-state index < -0.39 is 16.1 Å². The van der Waals surface area contributed by atoms with Crippen LogP contribution in [0.15, 0.2) is 40.6 Å².